The highest BCUT2D eigenvalue weighted by molar-refractivity contribution is 5.95. The predicted octanol–water partition coefficient (Wildman–Crippen LogP) is 4.19. The molecule has 0 saturated carbocycles. The van der Waals surface area contributed by atoms with Gasteiger partial charge >= 0.3 is 0 Å². The minimum absolute atomic E-state index is 0.400. The molecule has 2 aromatic heterocycles. The fourth-order valence-electron chi connectivity index (χ4n) is 3.56. The summed E-state index contributed by atoms with van der Waals surface area (Å²) >= 11 is 0. The summed E-state index contributed by atoms with van der Waals surface area (Å²) in [5.41, 5.74) is 10.9. The number of nitrogens with one attached hydrogen (secondary N) is 2. The molecule has 4 aromatic rings. The molecule has 2 aromatic carbocycles. The number of anilines is 2. The summed E-state index contributed by atoms with van der Waals surface area (Å²) < 4.78 is 5.95. The third kappa shape index (κ3) is 3.11. The smallest absolute Gasteiger partial charge is 0.299 e. The van der Waals surface area contributed by atoms with Crippen LogP contribution in [0.15, 0.2) is 47.1 Å². The molecule has 1 amide bonds. The van der Waals surface area contributed by atoms with Crippen molar-refractivity contribution < 1.29 is 9.21 Å². The molecule has 4 rings (SSSR count). The van der Waals surface area contributed by atoms with Crippen LogP contribution in [0.5, 0.6) is 0 Å². The SMILES string of the molecule is CCc1c(C(N)=O)ccc(-c2cnc(Nc3ccc4[nH]ncc4c3)o2)c1CC. The van der Waals surface area contributed by atoms with Gasteiger partial charge in [0.1, 0.15) is 0 Å². The maximum absolute atomic E-state index is 11.7. The number of hydrogen-bond donors (Lipinski definition) is 3. The normalized spacial score (nSPS) is 11.1. The molecule has 2 heterocycles. The summed E-state index contributed by atoms with van der Waals surface area (Å²) in [7, 11) is 0. The van der Waals surface area contributed by atoms with Crippen LogP contribution in [0, 0.1) is 0 Å². The van der Waals surface area contributed by atoms with Crippen molar-refractivity contribution in [1.29, 1.82) is 0 Å². The molecule has 4 N–H and O–H groups in total. The zero-order valence-corrected chi connectivity index (χ0v) is 15.7. The van der Waals surface area contributed by atoms with Crippen LogP contribution < -0.4 is 11.1 Å². The number of primary amides is 1. The van der Waals surface area contributed by atoms with Gasteiger partial charge in [-0.1, -0.05) is 19.9 Å². The first-order valence-electron chi connectivity index (χ1n) is 9.21. The molecule has 7 nitrogen and oxygen atoms in total. The largest absolute Gasteiger partial charge is 0.423 e. The number of amides is 1. The molecule has 0 aliphatic carbocycles. The molecule has 0 bridgehead atoms. The Balaban J connectivity index is 1.67. The van der Waals surface area contributed by atoms with Crippen molar-refractivity contribution in [2.24, 2.45) is 5.73 Å². The monoisotopic (exact) mass is 375 g/mol. The van der Waals surface area contributed by atoms with E-state index in [1.54, 1.807) is 18.5 Å². The van der Waals surface area contributed by atoms with E-state index in [1.807, 2.05) is 31.2 Å². The first-order valence-corrected chi connectivity index (χ1v) is 9.21. The highest BCUT2D eigenvalue weighted by Gasteiger charge is 2.17. The van der Waals surface area contributed by atoms with Crippen LogP contribution in [-0.2, 0) is 12.8 Å². The average molecular weight is 375 g/mol. The minimum atomic E-state index is -0.410. The van der Waals surface area contributed by atoms with Crippen LogP contribution in [0.2, 0.25) is 0 Å². The van der Waals surface area contributed by atoms with Gasteiger partial charge in [-0.25, -0.2) is 4.98 Å². The van der Waals surface area contributed by atoms with Gasteiger partial charge in [0.25, 0.3) is 6.01 Å². The second-order valence-corrected chi connectivity index (χ2v) is 6.52. The average Bonchev–Trinajstić information content (AvgIpc) is 3.35. The maximum Gasteiger partial charge on any atom is 0.299 e. The minimum Gasteiger partial charge on any atom is -0.423 e. The van der Waals surface area contributed by atoms with E-state index in [0.717, 1.165) is 46.1 Å². The third-order valence-electron chi connectivity index (χ3n) is 4.87. The fourth-order valence-corrected chi connectivity index (χ4v) is 3.56. The van der Waals surface area contributed by atoms with Gasteiger partial charge in [0.05, 0.1) is 17.9 Å². The van der Waals surface area contributed by atoms with Crippen LogP contribution in [0.4, 0.5) is 11.7 Å². The fraction of sp³-hybridized carbons (Fsp3) is 0.190. The number of nitrogens with zero attached hydrogens (tertiary/aromatic N) is 2. The Morgan fingerprint density at radius 3 is 2.71 bits per heavy atom. The van der Waals surface area contributed by atoms with Gasteiger partial charge < -0.3 is 15.5 Å². The molecule has 0 radical (unpaired) electrons. The quantitative estimate of drug-likeness (QED) is 0.468. The number of carbonyl (C=O) groups excluding carboxylic acids is 1. The molecule has 0 spiro atoms. The molecule has 0 fully saturated rings. The van der Waals surface area contributed by atoms with Gasteiger partial charge in [-0.2, -0.15) is 5.10 Å². The van der Waals surface area contributed by atoms with Gasteiger partial charge in [0.2, 0.25) is 5.91 Å². The number of carbonyl (C=O) groups is 1. The predicted molar refractivity (Wildman–Crippen MR) is 109 cm³/mol. The maximum atomic E-state index is 11.7. The van der Waals surface area contributed by atoms with E-state index in [-0.39, 0.29) is 0 Å². The van der Waals surface area contributed by atoms with Gasteiger partial charge in [0.15, 0.2) is 5.76 Å². The number of hydrogen-bond acceptors (Lipinski definition) is 5. The highest BCUT2D eigenvalue weighted by atomic mass is 16.4. The number of aromatic amines is 1. The number of rotatable bonds is 6. The van der Waals surface area contributed by atoms with Crippen LogP contribution in [0.1, 0.15) is 35.3 Å². The Morgan fingerprint density at radius 1 is 1.14 bits per heavy atom. The number of H-pyrrole nitrogens is 1. The lowest BCUT2D eigenvalue weighted by molar-refractivity contribution is 0.0999. The molecule has 7 heteroatoms. The van der Waals surface area contributed by atoms with E-state index in [1.165, 1.54) is 0 Å². The molecule has 0 saturated heterocycles. The molecule has 0 aliphatic rings. The molecule has 0 atom stereocenters. The molecule has 0 unspecified atom stereocenters. The Labute approximate surface area is 162 Å². The van der Waals surface area contributed by atoms with E-state index in [2.05, 4.69) is 27.4 Å². The first kappa shape index (κ1) is 17.8. The van der Waals surface area contributed by atoms with Gasteiger partial charge in [-0.05, 0) is 48.2 Å². The standard InChI is InChI=1S/C21H21N5O2/c1-3-14-15(4-2)17(20(22)27)7-6-16(14)19-11-23-21(28-19)25-13-5-8-18-12(9-13)10-24-26-18/h5-11H,3-4H2,1-2H3,(H2,22,27)(H,23,25)(H,24,26). The molecular weight excluding hydrogens is 354 g/mol. The lowest BCUT2D eigenvalue weighted by Crippen LogP contribution is -2.15. The van der Waals surface area contributed by atoms with Crippen molar-refractivity contribution in [3.05, 3.63) is 59.4 Å². The second kappa shape index (κ2) is 7.19. The summed E-state index contributed by atoms with van der Waals surface area (Å²) in [6, 6.07) is 9.88. The van der Waals surface area contributed by atoms with Gasteiger partial charge in [0, 0.05) is 22.2 Å². The summed E-state index contributed by atoms with van der Waals surface area (Å²) in [6.45, 7) is 4.07. The zero-order chi connectivity index (χ0) is 19.7. The highest BCUT2D eigenvalue weighted by Crippen LogP contribution is 2.32. The number of oxazole rings is 1. The second-order valence-electron chi connectivity index (χ2n) is 6.52. The lowest BCUT2D eigenvalue weighted by Gasteiger charge is -2.14. The topological polar surface area (TPSA) is 110 Å². The Hall–Kier alpha value is -3.61. The molecule has 142 valence electrons. The lowest BCUT2D eigenvalue weighted by atomic mass is 9.91. The van der Waals surface area contributed by atoms with Crippen molar-refractivity contribution in [2.45, 2.75) is 26.7 Å². The number of benzene rings is 2. The number of aromatic nitrogens is 3. The summed E-state index contributed by atoms with van der Waals surface area (Å²) in [5.74, 6) is 0.238. The van der Waals surface area contributed by atoms with E-state index in [4.69, 9.17) is 10.2 Å². The van der Waals surface area contributed by atoms with E-state index >= 15 is 0 Å². The Bertz CT molecular complexity index is 1160. The van der Waals surface area contributed by atoms with E-state index in [9.17, 15) is 4.79 Å². The Morgan fingerprint density at radius 2 is 1.96 bits per heavy atom. The van der Waals surface area contributed by atoms with Crippen LogP contribution in [0.25, 0.3) is 22.2 Å². The third-order valence-corrected chi connectivity index (χ3v) is 4.87. The van der Waals surface area contributed by atoms with Gasteiger partial charge in [-0.3, -0.25) is 9.89 Å². The number of fused-ring (bicyclic) bond motifs is 1. The van der Waals surface area contributed by atoms with Gasteiger partial charge in [-0.15, -0.1) is 0 Å². The zero-order valence-electron chi connectivity index (χ0n) is 15.7. The number of nitrogens with two attached hydrogens (primary N) is 1. The van der Waals surface area contributed by atoms with Crippen LogP contribution >= 0.6 is 0 Å². The first-order chi connectivity index (χ1) is 13.6. The molecule has 28 heavy (non-hydrogen) atoms. The van der Waals surface area contributed by atoms with Crippen LogP contribution in [0.3, 0.4) is 0 Å². The van der Waals surface area contributed by atoms with Crippen molar-refractivity contribution >= 4 is 28.5 Å². The van der Waals surface area contributed by atoms with Crippen molar-refractivity contribution in [2.75, 3.05) is 5.32 Å². The van der Waals surface area contributed by atoms with Crippen LogP contribution in [-0.4, -0.2) is 21.1 Å². The molecular formula is C21H21N5O2. The van der Waals surface area contributed by atoms with Crippen molar-refractivity contribution in [3.8, 4) is 11.3 Å². The molecule has 0 aliphatic heterocycles. The summed E-state index contributed by atoms with van der Waals surface area (Å²) in [5, 5.41) is 11.1. The Kier molecular flexibility index (Phi) is 4.57. The van der Waals surface area contributed by atoms with Crippen molar-refractivity contribution in [1.82, 2.24) is 15.2 Å². The van der Waals surface area contributed by atoms with E-state index < -0.39 is 5.91 Å². The summed E-state index contributed by atoms with van der Waals surface area (Å²) in [6.07, 6.45) is 4.94. The van der Waals surface area contributed by atoms with E-state index in [0.29, 0.717) is 17.3 Å². The van der Waals surface area contributed by atoms with Crippen molar-refractivity contribution in [3.63, 3.8) is 0 Å². The summed E-state index contributed by atoms with van der Waals surface area (Å²) in [4.78, 5) is 16.1.